The minimum atomic E-state index is 0.103. The van der Waals surface area contributed by atoms with Gasteiger partial charge in [-0.05, 0) is 37.0 Å². The zero-order chi connectivity index (χ0) is 12.5. The fraction of sp³-hybridized carbons (Fsp3) is 0.462. The number of nitrogens with one attached hydrogen (secondary N) is 1. The first kappa shape index (κ1) is 11.2. The lowest BCUT2D eigenvalue weighted by atomic mass is 9.99. The number of piperidine rings is 1. The molecule has 1 aromatic heterocycles. The summed E-state index contributed by atoms with van der Waals surface area (Å²) in [6.07, 6.45) is 2.31. The van der Waals surface area contributed by atoms with Gasteiger partial charge in [0, 0.05) is 18.7 Å². The Kier molecular flexibility index (Phi) is 2.74. The Morgan fingerprint density at radius 3 is 3.22 bits per heavy atom. The Balaban J connectivity index is 1.86. The lowest BCUT2D eigenvalue weighted by Crippen LogP contribution is -2.39. The van der Waals surface area contributed by atoms with E-state index in [1.807, 2.05) is 17.0 Å². The second kappa shape index (κ2) is 4.40. The first-order valence-corrected chi connectivity index (χ1v) is 6.34. The summed E-state index contributed by atoms with van der Waals surface area (Å²) >= 11 is 0. The van der Waals surface area contributed by atoms with Gasteiger partial charge in [0.2, 0.25) is 0 Å². The fourth-order valence-electron chi connectivity index (χ4n) is 2.53. The molecule has 1 fully saturated rings. The van der Waals surface area contributed by atoms with Crippen LogP contribution in [0.5, 0.6) is 0 Å². The molecule has 0 aliphatic carbocycles. The van der Waals surface area contributed by atoms with Crippen molar-refractivity contribution < 1.29 is 4.79 Å². The Morgan fingerprint density at radius 2 is 2.39 bits per heavy atom. The number of benzene rings is 1. The molecule has 2 aromatic rings. The van der Waals surface area contributed by atoms with Crippen molar-refractivity contribution >= 4 is 16.9 Å². The molecule has 94 valence electrons. The van der Waals surface area contributed by atoms with Crippen molar-refractivity contribution in [3.8, 4) is 0 Å². The predicted octanol–water partition coefficient (Wildman–Crippen LogP) is 1.83. The van der Waals surface area contributed by atoms with Crippen LogP contribution in [-0.4, -0.2) is 39.3 Å². The van der Waals surface area contributed by atoms with Crippen LogP contribution in [0.25, 0.3) is 11.0 Å². The lowest BCUT2D eigenvalue weighted by molar-refractivity contribution is 0.0683. The van der Waals surface area contributed by atoms with Crippen molar-refractivity contribution in [2.24, 2.45) is 5.92 Å². The fourth-order valence-corrected chi connectivity index (χ4v) is 2.53. The van der Waals surface area contributed by atoms with Crippen LogP contribution < -0.4 is 0 Å². The number of hydrogen-bond acceptors (Lipinski definition) is 3. The van der Waals surface area contributed by atoms with E-state index in [0.29, 0.717) is 11.5 Å². The predicted molar refractivity (Wildman–Crippen MR) is 68.2 cm³/mol. The monoisotopic (exact) mass is 244 g/mol. The van der Waals surface area contributed by atoms with E-state index >= 15 is 0 Å². The summed E-state index contributed by atoms with van der Waals surface area (Å²) in [5, 5.41) is 10.5. The molecule has 2 heterocycles. The van der Waals surface area contributed by atoms with E-state index < -0.39 is 0 Å². The third kappa shape index (κ3) is 1.96. The van der Waals surface area contributed by atoms with Crippen molar-refractivity contribution in [2.45, 2.75) is 19.8 Å². The van der Waals surface area contributed by atoms with E-state index in [4.69, 9.17) is 0 Å². The number of rotatable bonds is 1. The van der Waals surface area contributed by atoms with Gasteiger partial charge in [0.05, 0.1) is 5.52 Å². The van der Waals surface area contributed by atoms with Crippen LogP contribution in [0.4, 0.5) is 0 Å². The standard InChI is InChI=1S/C13H16N4O/c1-9-3-2-6-17(8-9)13(18)10-4-5-11-12(7-10)15-16-14-11/h4-5,7,9H,2-3,6,8H2,1H3,(H,14,15,16)/t9-/m1/s1. The van der Waals surface area contributed by atoms with Gasteiger partial charge in [-0.2, -0.15) is 0 Å². The number of carbonyl (C=O) groups is 1. The van der Waals surface area contributed by atoms with Gasteiger partial charge < -0.3 is 4.90 Å². The van der Waals surface area contributed by atoms with Gasteiger partial charge in [-0.25, -0.2) is 0 Å². The summed E-state index contributed by atoms with van der Waals surface area (Å²) in [6, 6.07) is 5.50. The Labute approximate surface area is 105 Å². The van der Waals surface area contributed by atoms with Gasteiger partial charge in [0.1, 0.15) is 5.52 Å². The first-order valence-electron chi connectivity index (χ1n) is 6.34. The Bertz CT molecular complexity index is 577. The number of carbonyl (C=O) groups excluding carboxylic acids is 1. The average Bonchev–Trinajstić information content (AvgIpc) is 2.85. The van der Waals surface area contributed by atoms with Gasteiger partial charge >= 0.3 is 0 Å². The van der Waals surface area contributed by atoms with E-state index in [1.54, 1.807) is 6.07 Å². The van der Waals surface area contributed by atoms with E-state index in [1.165, 1.54) is 6.42 Å². The maximum Gasteiger partial charge on any atom is 0.253 e. The van der Waals surface area contributed by atoms with Crippen molar-refractivity contribution in [3.63, 3.8) is 0 Å². The number of nitrogens with zero attached hydrogens (tertiary/aromatic N) is 3. The molecular weight excluding hydrogens is 228 g/mol. The average molecular weight is 244 g/mol. The number of aromatic amines is 1. The van der Waals surface area contributed by atoms with Crippen LogP contribution in [0.15, 0.2) is 18.2 Å². The van der Waals surface area contributed by atoms with Gasteiger partial charge in [0.25, 0.3) is 5.91 Å². The summed E-state index contributed by atoms with van der Waals surface area (Å²) in [5.74, 6) is 0.699. The molecule has 1 N–H and O–H groups in total. The Morgan fingerprint density at radius 1 is 1.50 bits per heavy atom. The summed E-state index contributed by atoms with van der Waals surface area (Å²) in [7, 11) is 0. The topological polar surface area (TPSA) is 61.9 Å². The molecule has 0 saturated carbocycles. The van der Waals surface area contributed by atoms with Crippen molar-refractivity contribution in [1.82, 2.24) is 20.3 Å². The molecule has 0 spiro atoms. The molecule has 0 bridgehead atoms. The molecule has 0 unspecified atom stereocenters. The van der Waals surface area contributed by atoms with E-state index in [0.717, 1.165) is 30.5 Å². The number of amides is 1. The van der Waals surface area contributed by atoms with Gasteiger partial charge in [0.15, 0.2) is 0 Å². The number of fused-ring (bicyclic) bond motifs is 1. The minimum absolute atomic E-state index is 0.103. The quantitative estimate of drug-likeness (QED) is 0.832. The highest BCUT2D eigenvalue weighted by molar-refractivity contribution is 5.97. The molecule has 1 aromatic carbocycles. The summed E-state index contributed by atoms with van der Waals surface area (Å²) < 4.78 is 0. The number of hydrogen-bond donors (Lipinski definition) is 1. The van der Waals surface area contributed by atoms with E-state index in [9.17, 15) is 4.79 Å². The van der Waals surface area contributed by atoms with Gasteiger partial charge in [-0.15, -0.1) is 5.10 Å². The second-order valence-electron chi connectivity index (χ2n) is 5.04. The smallest absolute Gasteiger partial charge is 0.253 e. The molecule has 1 aliphatic heterocycles. The summed E-state index contributed by atoms with van der Waals surface area (Å²) in [6.45, 7) is 3.91. The largest absolute Gasteiger partial charge is 0.338 e. The third-order valence-corrected chi connectivity index (χ3v) is 3.52. The van der Waals surface area contributed by atoms with E-state index in [-0.39, 0.29) is 5.91 Å². The highest BCUT2D eigenvalue weighted by atomic mass is 16.2. The first-order chi connectivity index (χ1) is 8.74. The minimum Gasteiger partial charge on any atom is -0.338 e. The van der Waals surface area contributed by atoms with Crippen LogP contribution in [0.3, 0.4) is 0 Å². The molecule has 5 nitrogen and oxygen atoms in total. The Hall–Kier alpha value is -1.91. The molecular formula is C13H16N4O. The molecule has 1 atom stereocenters. The maximum atomic E-state index is 12.4. The molecule has 5 heteroatoms. The highest BCUT2D eigenvalue weighted by Crippen LogP contribution is 2.19. The SMILES string of the molecule is C[C@@H]1CCCN(C(=O)c2ccc3[nH]nnc3c2)C1. The van der Waals surface area contributed by atoms with Gasteiger partial charge in [-0.3, -0.25) is 9.89 Å². The van der Waals surface area contributed by atoms with Crippen LogP contribution in [0.2, 0.25) is 0 Å². The summed E-state index contributed by atoms with van der Waals surface area (Å²) in [4.78, 5) is 14.3. The zero-order valence-electron chi connectivity index (χ0n) is 10.4. The number of H-pyrrole nitrogens is 1. The molecule has 1 aliphatic rings. The maximum absolute atomic E-state index is 12.4. The summed E-state index contributed by atoms with van der Waals surface area (Å²) in [5.41, 5.74) is 2.30. The van der Waals surface area contributed by atoms with E-state index in [2.05, 4.69) is 22.3 Å². The molecule has 18 heavy (non-hydrogen) atoms. The third-order valence-electron chi connectivity index (χ3n) is 3.52. The zero-order valence-corrected chi connectivity index (χ0v) is 10.4. The number of likely N-dealkylation sites (tertiary alicyclic amines) is 1. The highest BCUT2D eigenvalue weighted by Gasteiger charge is 2.22. The molecule has 0 radical (unpaired) electrons. The number of aromatic nitrogens is 3. The molecule has 3 rings (SSSR count). The lowest BCUT2D eigenvalue weighted by Gasteiger charge is -2.31. The van der Waals surface area contributed by atoms with Crippen molar-refractivity contribution in [3.05, 3.63) is 23.8 Å². The normalized spacial score (nSPS) is 20.3. The van der Waals surface area contributed by atoms with Crippen molar-refractivity contribution in [2.75, 3.05) is 13.1 Å². The second-order valence-corrected chi connectivity index (χ2v) is 5.04. The van der Waals surface area contributed by atoms with Crippen LogP contribution in [-0.2, 0) is 0 Å². The van der Waals surface area contributed by atoms with Gasteiger partial charge in [-0.1, -0.05) is 12.1 Å². The van der Waals surface area contributed by atoms with Crippen LogP contribution in [0, 0.1) is 5.92 Å². The van der Waals surface area contributed by atoms with Crippen molar-refractivity contribution in [1.29, 1.82) is 0 Å². The molecule has 1 amide bonds. The van der Waals surface area contributed by atoms with Crippen LogP contribution in [0.1, 0.15) is 30.1 Å². The molecule has 1 saturated heterocycles. The van der Waals surface area contributed by atoms with Crippen LogP contribution >= 0.6 is 0 Å².